The zero-order chi connectivity index (χ0) is 21.9. The van der Waals surface area contributed by atoms with E-state index in [0.717, 1.165) is 18.9 Å². The lowest BCUT2D eigenvalue weighted by Gasteiger charge is -2.29. The number of benzene rings is 2. The Morgan fingerprint density at radius 1 is 1.20 bits per heavy atom. The number of hydrogen-bond acceptors (Lipinski definition) is 6. The van der Waals surface area contributed by atoms with Crippen LogP contribution in [0.2, 0.25) is 0 Å². The van der Waals surface area contributed by atoms with Crippen LogP contribution in [0.3, 0.4) is 0 Å². The first kappa shape index (κ1) is 21.7. The molecule has 1 amide bonds. The van der Waals surface area contributed by atoms with Crippen molar-refractivity contribution in [1.29, 1.82) is 0 Å². The van der Waals surface area contributed by atoms with E-state index in [0.29, 0.717) is 24.7 Å². The highest BCUT2D eigenvalue weighted by Crippen LogP contribution is 2.35. The molecule has 1 N–H and O–H groups in total. The molecule has 0 bridgehead atoms. The number of sulfonamides is 1. The topological polar surface area (TPSA) is 119 Å². The van der Waals surface area contributed by atoms with Gasteiger partial charge < -0.3 is 10.1 Å². The van der Waals surface area contributed by atoms with Crippen LogP contribution in [0.25, 0.3) is 0 Å². The van der Waals surface area contributed by atoms with E-state index in [4.69, 9.17) is 4.74 Å². The number of amides is 1. The van der Waals surface area contributed by atoms with Crippen molar-refractivity contribution in [3.05, 3.63) is 52.6 Å². The molecule has 0 spiro atoms. The average Bonchev–Trinajstić information content (AvgIpc) is 2.68. The monoisotopic (exact) mass is 433 g/mol. The van der Waals surface area contributed by atoms with Crippen molar-refractivity contribution in [2.75, 3.05) is 18.4 Å². The largest absolute Gasteiger partial charge is 0.450 e. The van der Waals surface area contributed by atoms with Gasteiger partial charge in [-0.3, -0.25) is 14.9 Å². The molecule has 1 aliphatic rings. The fourth-order valence-electron chi connectivity index (χ4n) is 3.23. The molecule has 1 aliphatic heterocycles. The summed E-state index contributed by atoms with van der Waals surface area (Å²) >= 11 is 0. The molecule has 0 unspecified atom stereocenters. The molecule has 30 heavy (non-hydrogen) atoms. The smallest absolute Gasteiger partial charge is 0.312 e. The molecule has 0 radical (unpaired) electrons. The Balaban J connectivity index is 1.89. The molecule has 1 saturated heterocycles. The van der Waals surface area contributed by atoms with Crippen molar-refractivity contribution >= 4 is 27.3 Å². The van der Waals surface area contributed by atoms with Crippen LogP contribution in [0.15, 0.2) is 47.4 Å². The second-order valence-electron chi connectivity index (χ2n) is 7.28. The van der Waals surface area contributed by atoms with Gasteiger partial charge in [0.1, 0.15) is 5.75 Å². The number of piperidine rings is 1. The second kappa shape index (κ2) is 8.80. The molecule has 1 heterocycles. The Morgan fingerprint density at radius 3 is 2.53 bits per heavy atom. The van der Waals surface area contributed by atoms with Gasteiger partial charge >= 0.3 is 5.69 Å². The third kappa shape index (κ3) is 4.95. The van der Waals surface area contributed by atoms with E-state index >= 15 is 0 Å². The van der Waals surface area contributed by atoms with Gasteiger partial charge in [0.05, 0.1) is 9.82 Å². The van der Waals surface area contributed by atoms with Gasteiger partial charge in [-0.15, -0.1) is 0 Å². The van der Waals surface area contributed by atoms with Gasteiger partial charge in [0.15, 0.2) is 0 Å². The molecule has 9 nitrogen and oxygen atoms in total. The Hall–Kier alpha value is -2.98. The van der Waals surface area contributed by atoms with Crippen LogP contribution in [-0.4, -0.2) is 36.6 Å². The number of carbonyl (C=O) groups excluding carboxylic acids is 1. The standard InChI is InChI=1S/C20H23N3O6S/c1-14-8-10-22(11-9-14)30(27,28)18-6-7-20(19(13-18)23(25)26)29-17-5-3-4-16(12-17)21-15(2)24/h3-7,12-14H,8-11H2,1-2H3,(H,21,24). The molecule has 3 rings (SSSR count). The number of anilines is 1. The molecule has 160 valence electrons. The lowest BCUT2D eigenvalue weighted by Crippen LogP contribution is -2.37. The number of nitrogens with zero attached hydrogens (tertiary/aromatic N) is 2. The predicted molar refractivity (Wildman–Crippen MR) is 111 cm³/mol. The number of nitro benzene ring substituents is 1. The zero-order valence-electron chi connectivity index (χ0n) is 16.7. The Labute approximate surface area is 174 Å². The minimum absolute atomic E-state index is 0.0915. The molecule has 0 atom stereocenters. The number of carbonyl (C=O) groups is 1. The van der Waals surface area contributed by atoms with Gasteiger partial charge in [-0.1, -0.05) is 13.0 Å². The average molecular weight is 433 g/mol. The summed E-state index contributed by atoms with van der Waals surface area (Å²) in [5, 5.41) is 14.2. The fraction of sp³-hybridized carbons (Fsp3) is 0.350. The number of rotatable bonds is 6. The van der Waals surface area contributed by atoms with Gasteiger partial charge in [0.25, 0.3) is 0 Å². The van der Waals surface area contributed by atoms with Crippen LogP contribution in [0.5, 0.6) is 11.5 Å². The SMILES string of the molecule is CC(=O)Nc1cccc(Oc2ccc(S(=O)(=O)N3CCC(C)CC3)cc2[N+](=O)[O-])c1. The van der Waals surface area contributed by atoms with Crippen molar-refractivity contribution in [3.8, 4) is 11.5 Å². The number of nitro groups is 1. The third-order valence-electron chi connectivity index (χ3n) is 4.89. The maximum Gasteiger partial charge on any atom is 0.312 e. The normalized spacial score (nSPS) is 15.5. The summed E-state index contributed by atoms with van der Waals surface area (Å²) in [6, 6.07) is 10.00. The molecular weight excluding hydrogens is 410 g/mol. The summed E-state index contributed by atoms with van der Waals surface area (Å²) in [4.78, 5) is 22.0. The lowest BCUT2D eigenvalue weighted by molar-refractivity contribution is -0.385. The van der Waals surface area contributed by atoms with Crippen molar-refractivity contribution < 1.29 is 22.9 Å². The van der Waals surface area contributed by atoms with Crippen LogP contribution >= 0.6 is 0 Å². The van der Waals surface area contributed by atoms with Gasteiger partial charge in [0, 0.05) is 37.8 Å². The fourth-order valence-corrected chi connectivity index (χ4v) is 4.72. The van der Waals surface area contributed by atoms with Crippen LogP contribution in [0, 0.1) is 16.0 Å². The van der Waals surface area contributed by atoms with Crippen LogP contribution in [0.4, 0.5) is 11.4 Å². The Bertz CT molecular complexity index is 1060. The molecular formula is C20H23N3O6S. The van der Waals surface area contributed by atoms with Gasteiger partial charge in [-0.2, -0.15) is 4.31 Å². The first-order chi connectivity index (χ1) is 14.2. The van der Waals surface area contributed by atoms with Crippen molar-refractivity contribution in [2.24, 2.45) is 5.92 Å². The van der Waals surface area contributed by atoms with E-state index in [1.165, 1.54) is 29.4 Å². The van der Waals surface area contributed by atoms with E-state index in [2.05, 4.69) is 12.2 Å². The number of ether oxygens (including phenoxy) is 1. The van der Waals surface area contributed by atoms with E-state index in [-0.39, 0.29) is 22.3 Å². The van der Waals surface area contributed by atoms with E-state index in [9.17, 15) is 23.3 Å². The van der Waals surface area contributed by atoms with Gasteiger partial charge in [-0.25, -0.2) is 8.42 Å². The minimum Gasteiger partial charge on any atom is -0.450 e. The summed E-state index contributed by atoms with van der Waals surface area (Å²) in [5.74, 6) is 0.366. The van der Waals surface area contributed by atoms with E-state index < -0.39 is 20.6 Å². The van der Waals surface area contributed by atoms with E-state index in [1.807, 2.05) is 0 Å². The summed E-state index contributed by atoms with van der Waals surface area (Å²) in [6.07, 6.45) is 1.51. The predicted octanol–water partition coefficient (Wildman–Crippen LogP) is 3.77. The van der Waals surface area contributed by atoms with Crippen LogP contribution < -0.4 is 10.1 Å². The van der Waals surface area contributed by atoms with Gasteiger partial charge in [0.2, 0.25) is 21.7 Å². The quantitative estimate of drug-likeness (QED) is 0.547. The molecule has 2 aromatic carbocycles. The second-order valence-corrected chi connectivity index (χ2v) is 9.22. The highest BCUT2D eigenvalue weighted by molar-refractivity contribution is 7.89. The molecule has 10 heteroatoms. The summed E-state index contributed by atoms with van der Waals surface area (Å²) in [6.45, 7) is 4.22. The van der Waals surface area contributed by atoms with Crippen molar-refractivity contribution in [3.63, 3.8) is 0 Å². The molecule has 0 saturated carbocycles. The maximum absolute atomic E-state index is 12.9. The van der Waals surface area contributed by atoms with E-state index in [1.54, 1.807) is 18.2 Å². The lowest BCUT2D eigenvalue weighted by atomic mass is 10.0. The number of hydrogen-bond donors (Lipinski definition) is 1. The first-order valence-corrected chi connectivity index (χ1v) is 10.9. The third-order valence-corrected chi connectivity index (χ3v) is 6.78. The summed E-state index contributed by atoms with van der Waals surface area (Å²) < 4.78 is 32.8. The van der Waals surface area contributed by atoms with Crippen molar-refractivity contribution in [2.45, 2.75) is 31.6 Å². The minimum atomic E-state index is -3.83. The van der Waals surface area contributed by atoms with Crippen molar-refractivity contribution in [1.82, 2.24) is 4.31 Å². The van der Waals surface area contributed by atoms with Gasteiger partial charge in [-0.05, 0) is 43.0 Å². The molecule has 0 aliphatic carbocycles. The number of nitrogens with one attached hydrogen (secondary N) is 1. The first-order valence-electron chi connectivity index (χ1n) is 9.51. The highest BCUT2D eigenvalue weighted by atomic mass is 32.2. The summed E-state index contributed by atoms with van der Waals surface area (Å²) in [5.41, 5.74) is 0.0209. The Morgan fingerprint density at radius 2 is 1.90 bits per heavy atom. The van der Waals surface area contributed by atoms with Crippen LogP contribution in [-0.2, 0) is 14.8 Å². The molecule has 2 aromatic rings. The van der Waals surface area contributed by atoms with Crippen LogP contribution in [0.1, 0.15) is 26.7 Å². The Kier molecular flexibility index (Phi) is 6.37. The molecule has 0 aromatic heterocycles. The highest BCUT2D eigenvalue weighted by Gasteiger charge is 2.30. The molecule has 1 fully saturated rings. The maximum atomic E-state index is 12.9. The summed E-state index contributed by atoms with van der Waals surface area (Å²) in [7, 11) is -3.83. The zero-order valence-corrected chi connectivity index (χ0v) is 17.5.